The molecule has 2 N–H and O–H groups in total. The number of hydrogen-bond donors (Lipinski definition) is 2. The van der Waals surface area contributed by atoms with Crippen LogP contribution >= 0.6 is 0 Å². The highest BCUT2D eigenvalue weighted by atomic mass is 15.1. The van der Waals surface area contributed by atoms with E-state index in [0.29, 0.717) is 6.04 Å². The molecule has 104 valence electrons. The Labute approximate surface area is 115 Å². The van der Waals surface area contributed by atoms with Crippen molar-refractivity contribution < 1.29 is 0 Å². The molecule has 1 aromatic heterocycles. The van der Waals surface area contributed by atoms with Gasteiger partial charge < -0.3 is 5.32 Å². The van der Waals surface area contributed by atoms with Crippen LogP contribution in [0.25, 0.3) is 0 Å². The van der Waals surface area contributed by atoms with Crippen LogP contribution in [0.15, 0.2) is 17.8 Å². The van der Waals surface area contributed by atoms with Crippen LogP contribution in [-0.4, -0.2) is 22.8 Å². The number of aromatic nitrogens is 2. The largest absolute Gasteiger partial charge is 0.313 e. The summed E-state index contributed by atoms with van der Waals surface area (Å²) in [6.45, 7) is 5.84. The molecule has 3 atom stereocenters. The number of nitrogens with one attached hydrogen (secondary N) is 2. The van der Waals surface area contributed by atoms with Crippen LogP contribution in [0.3, 0.4) is 0 Å². The summed E-state index contributed by atoms with van der Waals surface area (Å²) in [6, 6.07) is 0.632. The van der Waals surface area contributed by atoms with Gasteiger partial charge in [0, 0.05) is 18.3 Å². The van der Waals surface area contributed by atoms with E-state index < -0.39 is 0 Å². The molecule has 0 radical (unpaired) electrons. The first kappa shape index (κ1) is 12.9. The van der Waals surface area contributed by atoms with E-state index in [-0.39, 0.29) is 0 Å². The standard InChI is InChI=1S/C16H25N3/c1-11-4-3-5-12(2)15(11)10-17-14-6-7-16-13(8-14)9-18-19-16/h4,9,12,14-15,17H,3,5-8,10H2,1-2H3,(H,18,19)/t12-,14+,15-/m0/s1. The number of aromatic amines is 1. The molecule has 0 fully saturated rings. The highest BCUT2D eigenvalue weighted by Gasteiger charge is 2.24. The second kappa shape index (κ2) is 5.49. The second-order valence-electron chi connectivity index (χ2n) is 6.33. The normalized spacial score (nSPS) is 30.8. The number of H-pyrrole nitrogens is 1. The molecule has 0 aliphatic heterocycles. The van der Waals surface area contributed by atoms with E-state index in [2.05, 4.69) is 35.4 Å². The average Bonchev–Trinajstić information content (AvgIpc) is 2.85. The number of rotatable bonds is 3. The lowest BCUT2D eigenvalue weighted by molar-refractivity contribution is 0.325. The lowest BCUT2D eigenvalue weighted by Crippen LogP contribution is -2.39. The number of nitrogens with zero attached hydrogens (tertiary/aromatic N) is 1. The Hall–Kier alpha value is -1.09. The van der Waals surface area contributed by atoms with Gasteiger partial charge in [-0.15, -0.1) is 0 Å². The van der Waals surface area contributed by atoms with Crippen molar-refractivity contribution in [1.29, 1.82) is 0 Å². The second-order valence-corrected chi connectivity index (χ2v) is 6.33. The Morgan fingerprint density at radius 2 is 2.32 bits per heavy atom. The van der Waals surface area contributed by atoms with Crippen molar-refractivity contribution in [3.8, 4) is 0 Å². The number of fused-ring (bicyclic) bond motifs is 1. The third-order valence-corrected chi connectivity index (χ3v) is 5.00. The summed E-state index contributed by atoms with van der Waals surface area (Å²) >= 11 is 0. The fourth-order valence-electron chi connectivity index (χ4n) is 3.62. The van der Waals surface area contributed by atoms with Crippen LogP contribution in [0.4, 0.5) is 0 Å². The maximum Gasteiger partial charge on any atom is 0.0522 e. The van der Waals surface area contributed by atoms with Gasteiger partial charge in [-0.3, -0.25) is 5.10 Å². The minimum atomic E-state index is 0.632. The first-order valence-corrected chi connectivity index (χ1v) is 7.65. The van der Waals surface area contributed by atoms with Crippen LogP contribution in [0.5, 0.6) is 0 Å². The fraction of sp³-hybridized carbons (Fsp3) is 0.688. The molecule has 0 saturated carbocycles. The summed E-state index contributed by atoms with van der Waals surface area (Å²) in [7, 11) is 0. The van der Waals surface area contributed by atoms with Crippen LogP contribution in [0.2, 0.25) is 0 Å². The van der Waals surface area contributed by atoms with E-state index in [1.54, 1.807) is 5.57 Å². The van der Waals surface area contributed by atoms with Crippen molar-refractivity contribution in [2.75, 3.05) is 6.54 Å². The Kier molecular flexibility index (Phi) is 3.74. The molecule has 0 aromatic carbocycles. The van der Waals surface area contributed by atoms with Crippen molar-refractivity contribution >= 4 is 0 Å². The van der Waals surface area contributed by atoms with E-state index in [9.17, 15) is 0 Å². The van der Waals surface area contributed by atoms with E-state index >= 15 is 0 Å². The molecule has 19 heavy (non-hydrogen) atoms. The topological polar surface area (TPSA) is 40.7 Å². The zero-order valence-electron chi connectivity index (χ0n) is 12.1. The molecular weight excluding hydrogens is 234 g/mol. The molecule has 0 bridgehead atoms. The predicted octanol–water partition coefficient (Wildman–Crippen LogP) is 2.85. The smallest absolute Gasteiger partial charge is 0.0522 e. The Morgan fingerprint density at radius 1 is 1.42 bits per heavy atom. The summed E-state index contributed by atoms with van der Waals surface area (Å²) in [6.07, 6.45) is 10.6. The number of aryl methyl sites for hydroxylation is 1. The van der Waals surface area contributed by atoms with Gasteiger partial charge in [0.1, 0.15) is 0 Å². The van der Waals surface area contributed by atoms with E-state index in [1.807, 2.05) is 6.20 Å². The minimum absolute atomic E-state index is 0.632. The molecule has 0 amide bonds. The van der Waals surface area contributed by atoms with Gasteiger partial charge in [-0.05, 0) is 56.4 Å². The van der Waals surface area contributed by atoms with E-state index in [0.717, 1.165) is 31.2 Å². The van der Waals surface area contributed by atoms with Gasteiger partial charge in [0.2, 0.25) is 0 Å². The van der Waals surface area contributed by atoms with E-state index in [4.69, 9.17) is 0 Å². The summed E-state index contributed by atoms with van der Waals surface area (Å²) in [5, 5.41) is 11.1. The zero-order valence-corrected chi connectivity index (χ0v) is 12.1. The molecule has 0 spiro atoms. The van der Waals surface area contributed by atoms with Gasteiger partial charge in [0.15, 0.2) is 0 Å². The first-order valence-electron chi connectivity index (χ1n) is 7.65. The molecule has 3 nitrogen and oxygen atoms in total. The number of allylic oxidation sites excluding steroid dienone is 1. The third-order valence-electron chi connectivity index (χ3n) is 5.00. The van der Waals surface area contributed by atoms with Crippen LogP contribution < -0.4 is 5.32 Å². The highest BCUT2D eigenvalue weighted by molar-refractivity contribution is 5.21. The maximum absolute atomic E-state index is 4.15. The maximum atomic E-state index is 4.15. The molecule has 1 aromatic rings. The van der Waals surface area contributed by atoms with Gasteiger partial charge in [0.25, 0.3) is 0 Å². The summed E-state index contributed by atoms with van der Waals surface area (Å²) in [5.41, 5.74) is 4.35. The average molecular weight is 259 g/mol. The quantitative estimate of drug-likeness (QED) is 0.820. The van der Waals surface area contributed by atoms with Crippen LogP contribution in [0, 0.1) is 11.8 Å². The third kappa shape index (κ3) is 2.76. The van der Waals surface area contributed by atoms with Crippen molar-refractivity contribution in [3.05, 3.63) is 29.1 Å². The van der Waals surface area contributed by atoms with E-state index in [1.165, 1.54) is 30.5 Å². The summed E-state index contributed by atoms with van der Waals surface area (Å²) < 4.78 is 0. The molecule has 2 aliphatic carbocycles. The van der Waals surface area contributed by atoms with Gasteiger partial charge in [-0.2, -0.15) is 5.10 Å². The minimum Gasteiger partial charge on any atom is -0.313 e. The molecule has 0 saturated heterocycles. The monoisotopic (exact) mass is 259 g/mol. The Balaban J connectivity index is 1.56. The van der Waals surface area contributed by atoms with Crippen LogP contribution in [-0.2, 0) is 12.8 Å². The molecular formula is C16H25N3. The highest BCUT2D eigenvalue weighted by Crippen LogP contribution is 2.30. The fourth-order valence-corrected chi connectivity index (χ4v) is 3.62. The van der Waals surface area contributed by atoms with Crippen molar-refractivity contribution in [2.45, 2.75) is 52.0 Å². The Bertz CT molecular complexity index is 460. The SMILES string of the molecule is CC1=CCC[C@H](C)[C@H]1CN[C@@H]1CCc2[nH]ncc2C1. The van der Waals surface area contributed by atoms with Crippen molar-refractivity contribution in [1.82, 2.24) is 15.5 Å². The molecule has 3 heteroatoms. The zero-order chi connectivity index (χ0) is 13.2. The van der Waals surface area contributed by atoms with Gasteiger partial charge >= 0.3 is 0 Å². The van der Waals surface area contributed by atoms with Crippen molar-refractivity contribution in [2.24, 2.45) is 11.8 Å². The molecule has 0 unspecified atom stereocenters. The molecule has 2 aliphatic rings. The summed E-state index contributed by atoms with van der Waals surface area (Å²) in [5.74, 6) is 1.56. The molecule has 3 rings (SSSR count). The van der Waals surface area contributed by atoms with Gasteiger partial charge in [-0.25, -0.2) is 0 Å². The number of hydrogen-bond acceptors (Lipinski definition) is 2. The van der Waals surface area contributed by atoms with Crippen LogP contribution in [0.1, 0.15) is 44.4 Å². The summed E-state index contributed by atoms with van der Waals surface area (Å²) in [4.78, 5) is 0. The lowest BCUT2D eigenvalue weighted by Gasteiger charge is -2.31. The first-order chi connectivity index (χ1) is 9.24. The Morgan fingerprint density at radius 3 is 3.16 bits per heavy atom. The predicted molar refractivity (Wildman–Crippen MR) is 78.0 cm³/mol. The lowest BCUT2D eigenvalue weighted by atomic mass is 9.80. The van der Waals surface area contributed by atoms with Gasteiger partial charge in [0.05, 0.1) is 6.20 Å². The van der Waals surface area contributed by atoms with Gasteiger partial charge in [-0.1, -0.05) is 18.6 Å². The molecule has 1 heterocycles. The van der Waals surface area contributed by atoms with Crippen molar-refractivity contribution in [3.63, 3.8) is 0 Å².